The number of anilines is 2. The van der Waals surface area contributed by atoms with Crippen LogP contribution >= 0.6 is 27.5 Å². The van der Waals surface area contributed by atoms with Crippen LogP contribution in [0.25, 0.3) is 0 Å². The predicted octanol–water partition coefficient (Wildman–Crippen LogP) is 3.85. The fourth-order valence-electron chi connectivity index (χ4n) is 1.67. The SMILES string of the molecule is Nc1cc(Br)ccc1C(=O)Nc1ccc(Cl)c([N+](=O)[O-])c1. The quantitative estimate of drug-likeness (QED) is 0.487. The number of benzene rings is 2. The predicted molar refractivity (Wildman–Crippen MR) is 84.6 cm³/mol. The molecular formula is C13H9BrClN3O3. The van der Waals surface area contributed by atoms with Crippen molar-refractivity contribution in [2.24, 2.45) is 0 Å². The summed E-state index contributed by atoms with van der Waals surface area (Å²) in [6, 6.07) is 8.84. The van der Waals surface area contributed by atoms with Crippen molar-refractivity contribution < 1.29 is 9.72 Å². The van der Waals surface area contributed by atoms with Gasteiger partial charge >= 0.3 is 0 Å². The number of carbonyl (C=O) groups excluding carboxylic acids is 1. The first-order valence-corrected chi connectivity index (χ1v) is 6.86. The zero-order valence-electron chi connectivity index (χ0n) is 10.5. The molecule has 0 aliphatic rings. The van der Waals surface area contributed by atoms with Crippen LogP contribution in [0.4, 0.5) is 17.1 Å². The number of carbonyl (C=O) groups is 1. The normalized spacial score (nSPS) is 10.2. The second-order valence-corrected chi connectivity index (χ2v) is 5.43. The molecule has 0 bridgehead atoms. The smallest absolute Gasteiger partial charge is 0.289 e. The monoisotopic (exact) mass is 369 g/mol. The van der Waals surface area contributed by atoms with Crippen molar-refractivity contribution >= 4 is 50.5 Å². The number of amides is 1. The molecule has 0 aliphatic carbocycles. The molecule has 0 saturated heterocycles. The van der Waals surface area contributed by atoms with Crippen molar-refractivity contribution in [2.45, 2.75) is 0 Å². The van der Waals surface area contributed by atoms with Gasteiger partial charge in [-0.2, -0.15) is 0 Å². The second kappa shape index (κ2) is 6.11. The summed E-state index contributed by atoms with van der Waals surface area (Å²) in [5.41, 5.74) is 6.31. The molecule has 6 nitrogen and oxygen atoms in total. The lowest BCUT2D eigenvalue weighted by Gasteiger charge is -2.08. The Morgan fingerprint density at radius 2 is 2.00 bits per heavy atom. The van der Waals surface area contributed by atoms with Crippen LogP contribution in [0.2, 0.25) is 5.02 Å². The van der Waals surface area contributed by atoms with E-state index in [1.54, 1.807) is 18.2 Å². The summed E-state index contributed by atoms with van der Waals surface area (Å²) in [5, 5.41) is 13.3. The van der Waals surface area contributed by atoms with E-state index >= 15 is 0 Å². The van der Waals surface area contributed by atoms with Gasteiger partial charge in [0.25, 0.3) is 11.6 Å². The first kappa shape index (κ1) is 15.3. The minimum atomic E-state index is -0.619. The largest absolute Gasteiger partial charge is 0.398 e. The van der Waals surface area contributed by atoms with Crippen molar-refractivity contribution in [3.05, 3.63) is 61.6 Å². The molecule has 0 radical (unpaired) electrons. The van der Waals surface area contributed by atoms with Gasteiger partial charge in [0.1, 0.15) is 5.02 Å². The van der Waals surface area contributed by atoms with Crippen LogP contribution in [-0.2, 0) is 0 Å². The van der Waals surface area contributed by atoms with Crippen LogP contribution in [0.3, 0.4) is 0 Å². The van der Waals surface area contributed by atoms with Gasteiger partial charge in [0.05, 0.1) is 10.5 Å². The fraction of sp³-hybridized carbons (Fsp3) is 0. The van der Waals surface area contributed by atoms with Crippen LogP contribution in [0.1, 0.15) is 10.4 Å². The van der Waals surface area contributed by atoms with Crippen molar-refractivity contribution in [3.63, 3.8) is 0 Å². The summed E-state index contributed by atoms with van der Waals surface area (Å²) in [6.07, 6.45) is 0. The molecule has 0 unspecified atom stereocenters. The van der Waals surface area contributed by atoms with Crippen LogP contribution in [0, 0.1) is 10.1 Å². The number of nitrogens with two attached hydrogens (primary N) is 1. The Bertz CT molecular complexity index is 737. The van der Waals surface area contributed by atoms with E-state index in [9.17, 15) is 14.9 Å². The van der Waals surface area contributed by atoms with Crippen LogP contribution in [-0.4, -0.2) is 10.8 Å². The average molecular weight is 371 g/mol. The highest BCUT2D eigenvalue weighted by atomic mass is 79.9. The number of nitro benzene ring substituents is 1. The summed E-state index contributed by atoms with van der Waals surface area (Å²) in [6.45, 7) is 0. The van der Waals surface area contributed by atoms with Gasteiger partial charge < -0.3 is 11.1 Å². The molecule has 0 atom stereocenters. The van der Waals surface area contributed by atoms with Gasteiger partial charge in [0, 0.05) is 21.9 Å². The Morgan fingerprint density at radius 3 is 2.62 bits per heavy atom. The number of nitro groups is 1. The minimum Gasteiger partial charge on any atom is -0.398 e. The average Bonchev–Trinajstić information content (AvgIpc) is 2.40. The van der Waals surface area contributed by atoms with E-state index in [2.05, 4.69) is 21.2 Å². The zero-order chi connectivity index (χ0) is 15.6. The standard InChI is InChI=1S/C13H9BrClN3O3/c14-7-1-3-9(11(16)5-7)13(19)17-8-2-4-10(15)12(6-8)18(20)21/h1-6H,16H2,(H,17,19). The highest BCUT2D eigenvalue weighted by Gasteiger charge is 2.15. The first-order valence-electron chi connectivity index (χ1n) is 5.69. The Balaban J connectivity index is 2.27. The molecule has 108 valence electrons. The molecule has 0 aromatic heterocycles. The van der Waals surface area contributed by atoms with Crippen molar-refractivity contribution in [2.75, 3.05) is 11.1 Å². The molecule has 0 aliphatic heterocycles. The maximum atomic E-state index is 12.1. The summed E-state index contributed by atoms with van der Waals surface area (Å²) < 4.78 is 0.749. The molecule has 2 aromatic carbocycles. The highest BCUT2D eigenvalue weighted by molar-refractivity contribution is 9.10. The van der Waals surface area contributed by atoms with Crippen LogP contribution < -0.4 is 11.1 Å². The number of nitrogens with one attached hydrogen (secondary N) is 1. The third-order valence-electron chi connectivity index (χ3n) is 2.66. The van der Waals surface area contributed by atoms with Crippen LogP contribution in [0.15, 0.2) is 40.9 Å². The summed E-state index contributed by atoms with van der Waals surface area (Å²) in [7, 11) is 0. The van der Waals surface area contributed by atoms with Gasteiger partial charge in [-0.05, 0) is 30.3 Å². The minimum absolute atomic E-state index is 0.00107. The number of hydrogen-bond donors (Lipinski definition) is 2. The Hall–Kier alpha value is -2.12. The van der Waals surface area contributed by atoms with Gasteiger partial charge in [-0.3, -0.25) is 14.9 Å². The molecule has 2 rings (SSSR count). The molecule has 21 heavy (non-hydrogen) atoms. The molecular weight excluding hydrogens is 362 g/mol. The highest BCUT2D eigenvalue weighted by Crippen LogP contribution is 2.28. The van der Waals surface area contributed by atoms with E-state index in [0.717, 1.165) is 4.47 Å². The third-order valence-corrected chi connectivity index (χ3v) is 3.47. The van der Waals surface area contributed by atoms with E-state index in [1.165, 1.54) is 18.2 Å². The van der Waals surface area contributed by atoms with Gasteiger partial charge in [-0.1, -0.05) is 27.5 Å². The van der Waals surface area contributed by atoms with E-state index in [4.69, 9.17) is 17.3 Å². The molecule has 2 aromatic rings. The van der Waals surface area contributed by atoms with Gasteiger partial charge in [-0.25, -0.2) is 0 Å². The molecule has 0 spiro atoms. The molecule has 1 amide bonds. The first-order chi connectivity index (χ1) is 9.88. The number of nitrogens with zero attached hydrogens (tertiary/aromatic N) is 1. The maximum Gasteiger partial charge on any atom is 0.289 e. The lowest BCUT2D eigenvalue weighted by molar-refractivity contribution is -0.384. The summed E-state index contributed by atoms with van der Waals surface area (Å²) >= 11 is 8.95. The molecule has 3 N–H and O–H groups in total. The number of halogens is 2. The Labute approximate surface area is 133 Å². The molecule has 8 heteroatoms. The molecule has 0 heterocycles. The maximum absolute atomic E-state index is 12.1. The third kappa shape index (κ3) is 3.50. The summed E-state index contributed by atoms with van der Waals surface area (Å²) in [4.78, 5) is 22.3. The van der Waals surface area contributed by atoms with Gasteiger partial charge in [-0.15, -0.1) is 0 Å². The number of rotatable bonds is 3. The second-order valence-electron chi connectivity index (χ2n) is 4.11. The molecule has 0 fully saturated rings. The number of hydrogen-bond acceptors (Lipinski definition) is 4. The topological polar surface area (TPSA) is 98.3 Å². The lowest BCUT2D eigenvalue weighted by Crippen LogP contribution is -2.14. The van der Waals surface area contributed by atoms with E-state index in [0.29, 0.717) is 5.69 Å². The zero-order valence-corrected chi connectivity index (χ0v) is 12.8. The molecule has 0 saturated carbocycles. The van der Waals surface area contributed by atoms with Crippen molar-refractivity contribution in [3.8, 4) is 0 Å². The van der Waals surface area contributed by atoms with E-state index in [1.807, 2.05) is 0 Å². The fourth-order valence-corrected chi connectivity index (χ4v) is 2.23. The van der Waals surface area contributed by atoms with E-state index in [-0.39, 0.29) is 22.0 Å². The number of nitrogen functional groups attached to an aromatic ring is 1. The van der Waals surface area contributed by atoms with Gasteiger partial charge in [0.2, 0.25) is 0 Å². The van der Waals surface area contributed by atoms with Crippen molar-refractivity contribution in [1.82, 2.24) is 0 Å². The summed E-state index contributed by atoms with van der Waals surface area (Å²) in [5.74, 6) is -0.461. The van der Waals surface area contributed by atoms with Crippen molar-refractivity contribution in [1.29, 1.82) is 0 Å². The Kier molecular flexibility index (Phi) is 4.44. The Morgan fingerprint density at radius 1 is 1.29 bits per heavy atom. The van der Waals surface area contributed by atoms with E-state index < -0.39 is 10.8 Å². The van der Waals surface area contributed by atoms with Crippen LogP contribution in [0.5, 0.6) is 0 Å². The van der Waals surface area contributed by atoms with Gasteiger partial charge in [0.15, 0.2) is 0 Å². The lowest BCUT2D eigenvalue weighted by atomic mass is 10.1.